The number of rotatable bonds is 6. The van der Waals surface area contributed by atoms with Crippen LogP contribution in [0.25, 0.3) is 0 Å². The van der Waals surface area contributed by atoms with Gasteiger partial charge in [0, 0.05) is 17.7 Å². The fraction of sp³-hybridized carbons (Fsp3) is 0.429. The highest BCUT2D eigenvalue weighted by molar-refractivity contribution is 7.80. The first-order valence-electron chi connectivity index (χ1n) is 6.29. The van der Waals surface area contributed by atoms with Gasteiger partial charge >= 0.3 is 0 Å². The number of hydrogen-bond acceptors (Lipinski definition) is 4. The number of nitrogens with one attached hydrogen (secondary N) is 1. The molecule has 0 radical (unpaired) electrons. The van der Waals surface area contributed by atoms with E-state index in [0.29, 0.717) is 17.1 Å². The van der Waals surface area contributed by atoms with Crippen LogP contribution in [0, 0.1) is 0 Å². The third-order valence-electron chi connectivity index (χ3n) is 2.51. The van der Waals surface area contributed by atoms with E-state index in [9.17, 15) is 4.79 Å². The van der Waals surface area contributed by atoms with Crippen LogP contribution in [0.2, 0.25) is 0 Å². The molecule has 3 N–H and O–H groups in total. The summed E-state index contributed by atoms with van der Waals surface area (Å²) in [5.74, 6) is 0.875. The molecule has 1 aromatic rings. The smallest absolute Gasteiger partial charge is 0.260 e. The number of thiocarbonyl (C=S) groups is 1. The van der Waals surface area contributed by atoms with Crippen LogP contribution in [0.5, 0.6) is 11.5 Å². The second-order valence-corrected chi connectivity index (χ2v) is 5.12. The van der Waals surface area contributed by atoms with Crippen molar-refractivity contribution >= 4 is 23.1 Å². The Morgan fingerprint density at radius 3 is 2.35 bits per heavy atom. The summed E-state index contributed by atoms with van der Waals surface area (Å²) < 4.78 is 10.8. The summed E-state index contributed by atoms with van der Waals surface area (Å²) in [4.78, 5) is 12.1. The molecule has 1 aromatic carbocycles. The van der Waals surface area contributed by atoms with Crippen molar-refractivity contribution in [2.24, 2.45) is 5.73 Å². The van der Waals surface area contributed by atoms with Gasteiger partial charge in [-0.1, -0.05) is 12.2 Å². The molecule has 6 heteroatoms. The van der Waals surface area contributed by atoms with Gasteiger partial charge in [-0.2, -0.15) is 0 Å². The topological polar surface area (TPSA) is 73.6 Å². The average molecular weight is 296 g/mol. The van der Waals surface area contributed by atoms with Gasteiger partial charge < -0.3 is 20.5 Å². The van der Waals surface area contributed by atoms with Gasteiger partial charge in [0.1, 0.15) is 16.5 Å². The number of carbonyl (C=O) groups is 1. The Labute approximate surface area is 124 Å². The fourth-order valence-corrected chi connectivity index (χ4v) is 1.68. The zero-order chi connectivity index (χ0) is 15.3. The van der Waals surface area contributed by atoms with E-state index < -0.39 is 6.10 Å². The molecule has 1 atom stereocenters. The Morgan fingerprint density at radius 1 is 1.25 bits per heavy atom. The number of amides is 1. The average Bonchev–Trinajstić information content (AvgIpc) is 2.37. The minimum Gasteiger partial charge on any atom is -0.497 e. The van der Waals surface area contributed by atoms with Crippen LogP contribution in [0.15, 0.2) is 18.2 Å². The van der Waals surface area contributed by atoms with Crippen LogP contribution in [0.3, 0.4) is 0 Å². The SMILES string of the molecule is COc1cc(OC(C)C(=O)NC(C)C)cc(C(N)=S)c1. The largest absolute Gasteiger partial charge is 0.497 e. The van der Waals surface area contributed by atoms with Crippen molar-refractivity contribution in [3.63, 3.8) is 0 Å². The van der Waals surface area contributed by atoms with Gasteiger partial charge in [0.25, 0.3) is 5.91 Å². The number of hydrogen-bond donors (Lipinski definition) is 2. The summed E-state index contributed by atoms with van der Waals surface area (Å²) in [6.07, 6.45) is -0.622. The molecule has 110 valence electrons. The summed E-state index contributed by atoms with van der Waals surface area (Å²) in [6.45, 7) is 5.46. The first-order valence-corrected chi connectivity index (χ1v) is 6.70. The van der Waals surface area contributed by atoms with E-state index in [0.717, 1.165) is 0 Å². The Bertz CT molecular complexity index is 503. The highest BCUT2D eigenvalue weighted by Gasteiger charge is 2.16. The predicted molar refractivity (Wildman–Crippen MR) is 82.3 cm³/mol. The lowest BCUT2D eigenvalue weighted by Crippen LogP contribution is -2.40. The molecule has 1 rings (SSSR count). The van der Waals surface area contributed by atoms with Crippen LogP contribution in [-0.2, 0) is 4.79 Å². The van der Waals surface area contributed by atoms with Crippen molar-refractivity contribution in [1.29, 1.82) is 0 Å². The first-order chi connectivity index (χ1) is 9.33. The number of benzene rings is 1. The highest BCUT2D eigenvalue weighted by Crippen LogP contribution is 2.23. The van der Waals surface area contributed by atoms with Gasteiger partial charge in [0.2, 0.25) is 0 Å². The maximum Gasteiger partial charge on any atom is 0.260 e. The second-order valence-electron chi connectivity index (χ2n) is 4.68. The summed E-state index contributed by atoms with van der Waals surface area (Å²) >= 11 is 4.94. The quantitative estimate of drug-likeness (QED) is 0.780. The normalized spacial score (nSPS) is 11.8. The lowest BCUT2D eigenvalue weighted by molar-refractivity contribution is -0.127. The minimum atomic E-state index is -0.622. The van der Waals surface area contributed by atoms with E-state index >= 15 is 0 Å². The molecular weight excluding hydrogens is 276 g/mol. The molecule has 0 saturated carbocycles. The van der Waals surface area contributed by atoms with Crippen LogP contribution < -0.4 is 20.5 Å². The summed E-state index contributed by atoms with van der Waals surface area (Å²) in [5, 5.41) is 2.78. The third kappa shape index (κ3) is 4.70. The lowest BCUT2D eigenvalue weighted by atomic mass is 10.2. The number of ether oxygens (including phenoxy) is 2. The monoisotopic (exact) mass is 296 g/mol. The molecule has 0 fully saturated rings. The third-order valence-corrected chi connectivity index (χ3v) is 2.75. The summed E-state index contributed by atoms with van der Waals surface area (Å²) in [5.41, 5.74) is 6.23. The van der Waals surface area contributed by atoms with E-state index in [2.05, 4.69) is 5.32 Å². The van der Waals surface area contributed by atoms with Gasteiger partial charge in [-0.25, -0.2) is 0 Å². The molecular formula is C14H20N2O3S. The zero-order valence-electron chi connectivity index (χ0n) is 12.1. The molecule has 0 spiro atoms. The molecule has 0 aliphatic rings. The zero-order valence-corrected chi connectivity index (χ0v) is 12.9. The van der Waals surface area contributed by atoms with Gasteiger partial charge in [0.15, 0.2) is 6.10 Å². The maximum absolute atomic E-state index is 11.8. The number of methoxy groups -OCH3 is 1. The van der Waals surface area contributed by atoms with Crippen LogP contribution >= 0.6 is 12.2 Å². The standard InChI is InChI=1S/C14H20N2O3S/c1-8(2)16-14(17)9(3)19-12-6-10(13(15)20)5-11(7-12)18-4/h5-9H,1-4H3,(H2,15,20)(H,16,17). The van der Waals surface area contributed by atoms with Gasteiger partial charge in [-0.05, 0) is 32.9 Å². The van der Waals surface area contributed by atoms with E-state index in [4.69, 9.17) is 27.4 Å². The van der Waals surface area contributed by atoms with Gasteiger partial charge in [0.05, 0.1) is 7.11 Å². The number of carbonyl (C=O) groups excluding carboxylic acids is 1. The van der Waals surface area contributed by atoms with Crippen LogP contribution in [0.1, 0.15) is 26.3 Å². The second kappa shape index (κ2) is 7.09. The summed E-state index contributed by atoms with van der Waals surface area (Å²) in [6, 6.07) is 5.14. The fourth-order valence-electron chi connectivity index (χ4n) is 1.56. The minimum absolute atomic E-state index is 0.0611. The summed E-state index contributed by atoms with van der Waals surface area (Å²) in [7, 11) is 1.54. The van der Waals surface area contributed by atoms with Crippen molar-refractivity contribution in [3.05, 3.63) is 23.8 Å². The molecule has 20 heavy (non-hydrogen) atoms. The van der Waals surface area contributed by atoms with E-state index in [1.807, 2.05) is 13.8 Å². The van der Waals surface area contributed by atoms with Crippen LogP contribution in [0.4, 0.5) is 0 Å². The van der Waals surface area contributed by atoms with Gasteiger partial charge in [-0.3, -0.25) is 4.79 Å². The molecule has 0 aliphatic carbocycles. The molecule has 0 aromatic heterocycles. The van der Waals surface area contributed by atoms with Crippen LogP contribution in [-0.4, -0.2) is 30.2 Å². The van der Waals surface area contributed by atoms with Crippen molar-refractivity contribution in [1.82, 2.24) is 5.32 Å². The molecule has 1 unspecified atom stereocenters. The van der Waals surface area contributed by atoms with E-state index in [1.54, 1.807) is 25.1 Å². The Kier molecular flexibility index (Phi) is 5.76. The Hall–Kier alpha value is -1.82. The van der Waals surface area contributed by atoms with Crippen molar-refractivity contribution in [2.45, 2.75) is 32.9 Å². The Morgan fingerprint density at radius 2 is 1.85 bits per heavy atom. The molecule has 0 saturated heterocycles. The molecule has 1 amide bonds. The first kappa shape index (κ1) is 16.2. The predicted octanol–water partition coefficient (Wildman–Crippen LogP) is 1.62. The number of nitrogens with two attached hydrogens (primary N) is 1. The molecule has 5 nitrogen and oxygen atoms in total. The van der Waals surface area contributed by atoms with E-state index in [1.165, 1.54) is 7.11 Å². The molecule has 0 heterocycles. The lowest BCUT2D eigenvalue weighted by Gasteiger charge is -2.17. The maximum atomic E-state index is 11.8. The molecule has 0 bridgehead atoms. The van der Waals surface area contributed by atoms with E-state index in [-0.39, 0.29) is 16.9 Å². The van der Waals surface area contributed by atoms with Crippen molar-refractivity contribution in [3.8, 4) is 11.5 Å². The highest BCUT2D eigenvalue weighted by atomic mass is 32.1. The van der Waals surface area contributed by atoms with Crippen molar-refractivity contribution in [2.75, 3.05) is 7.11 Å². The van der Waals surface area contributed by atoms with Gasteiger partial charge in [-0.15, -0.1) is 0 Å². The van der Waals surface area contributed by atoms with Crippen molar-refractivity contribution < 1.29 is 14.3 Å². The Balaban J connectivity index is 2.88. The molecule has 0 aliphatic heterocycles.